The van der Waals surface area contributed by atoms with Gasteiger partial charge in [0.05, 0.1) is 17.9 Å². The molecule has 2 rings (SSSR count). The van der Waals surface area contributed by atoms with Crippen molar-refractivity contribution >= 4 is 17.7 Å². The summed E-state index contributed by atoms with van der Waals surface area (Å²) in [5.41, 5.74) is -1.14. The van der Waals surface area contributed by atoms with Crippen molar-refractivity contribution in [3.05, 3.63) is 29.3 Å². The number of aliphatic hydroxyl groups is 1. The molecule has 2 amide bonds. The first-order chi connectivity index (χ1) is 9.93. The highest BCUT2D eigenvalue weighted by molar-refractivity contribution is 5.93. The number of nitrogens with zero attached hydrogens (tertiary/aromatic N) is 1. The molecule has 8 heteroatoms. The normalized spacial score (nSPS) is 13.9. The minimum atomic E-state index is -1.56. The van der Waals surface area contributed by atoms with Crippen LogP contribution in [0.15, 0.2) is 12.1 Å². The average molecular weight is 300 g/mol. The van der Waals surface area contributed by atoms with E-state index in [0.29, 0.717) is 6.07 Å². The fourth-order valence-corrected chi connectivity index (χ4v) is 1.94. The summed E-state index contributed by atoms with van der Waals surface area (Å²) >= 11 is 0. The van der Waals surface area contributed by atoms with Crippen molar-refractivity contribution in [1.29, 1.82) is 0 Å². The van der Waals surface area contributed by atoms with Crippen LogP contribution in [0.3, 0.4) is 0 Å². The smallest absolute Gasteiger partial charge is 0.338 e. The number of hydrogen-bond donors (Lipinski definition) is 3. The van der Waals surface area contributed by atoms with Crippen molar-refractivity contribution in [3.8, 4) is 0 Å². The zero-order valence-electron chi connectivity index (χ0n) is 11.0. The summed E-state index contributed by atoms with van der Waals surface area (Å²) in [6.45, 7) is -0.151. The number of nitrogens with one attached hydrogen (secondary N) is 1. The predicted molar refractivity (Wildman–Crippen MR) is 69.1 cm³/mol. The fourth-order valence-electron chi connectivity index (χ4n) is 1.94. The first kappa shape index (κ1) is 15.2. The van der Waals surface area contributed by atoms with Gasteiger partial charge in [0.25, 0.3) is 0 Å². The highest BCUT2D eigenvalue weighted by Crippen LogP contribution is 2.28. The van der Waals surface area contributed by atoms with Gasteiger partial charge in [0.15, 0.2) is 0 Å². The van der Waals surface area contributed by atoms with E-state index in [-0.39, 0.29) is 19.2 Å². The molecular weight excluding hydrogens is 286 g/mol. The summed E-state index contributed by atoms with van der Waals surface area (Å²) in [4.78, 5) is 24.1. The summed E-state index contributed by atoms with van der Waals surface area (Å²) in [5.74, 6) is -3.84. The molecule has 0 aromatic heterocycles. The molecule has 0 saturated heterocycles. The van der Waals surface area contributed by atoms with E-state index in [1.165, 1.54) is 4.90 Å². The van der Waals surface area contributed by atoms with E-state index in [1.54, 1.807) is 0 Å². The zero-order chi connectivity index (χ0) is 15.6. The number of urea groups is 1. The quantitative estimate of drug-likeness (QED) is 0.771. The molecule has 0 aliphatic heterocycles. The second-order valence-electron chi connectivity index (χ2n) is 4.70. The zero-order valence-corrected chi connectivity index (χ0v) is 11.0. The lowest BCUT2D eigenvalue weighted by molar-refractivity contribution is 0.0691. The highest BCUT2D eigenvalue weighted by atomic mass is 19.1. The van der Waals surface area contributed by atoms with E-state index in [4.69, 9.17) is 10.2 Å². The Kier molecular flexibility index (Phi) is 4.37. The molecule has 0 spiro atoms. The molecule has 0 unspecified atom stereocenters. The second-order valence-corrected chi connectivity index (χ2v) is 4.70. The number of rotatable bonds is 5. The van der Waals surface area contributed by atoms with Gasteiger partial charge in [-0.1, -0.05) is 0 Å². The second kappa shape index (κ2) is 6.04. The standard InChI is InChI=1S/C13H14F2N2O4/c14-9-6-10(15)11(5-8(9)12(19)20)16-13(21)17(3-4-18)7-1-2-7/h5-7,18H,1-4H2,(H,16,21)(H,19,20). The van der Waals surface area contributed by atoms with Crippen LogP contribution in [-0.2, 0) is 0 Å². The summed E-state index contributed by atoms with van der Waals surface area (Å²) in [6, 6.07) is 0.467. The molecule has 1 aliphatic rings. The Balaban J connectivity index is 2.20. The van der Waals surface area contributed by atoms with Crippen molar-refractivity contribution in [2.45, 2.75) is 18.9 Å². The number of amides is 2. The Morgan fingerprint density at radius 2 is 1.95 bits per heavy atom. The summed E-state index contributed by atoms with van der Waals surface area (Å²) in [7, 11) is 0. The third kappa shape index (κ3) is 3.46. The molecular formula is C13H14F2N2O4. The summed E-state index contributed by atoms with van der Waals surface area (Å²) in [5, 5.41) is 19.9. The lowest BCUT2D eigenvalue weighted by Crippen LogP contribution is -2.39. The van der Waals surface area contributed by atoms with Crippen LogP contribution >= 0.6 is 0 Å². The van der Waals surface area contributed by atoms with E-state index >= 15 is 0 Å². The maximum Gasteiger partial charge on any atom is 0.338 e. The largest absolute Gasteiger partial charge is 0.478 e. The number of carbonyl (C=O) groups is 2. The van der Waals surface area contributed by atoms with E-state index in [2.05, 4.69) is 5.32 Å². The number of carbonyl (C=O) groups excluding carboxylic acids is 1. The first-order valence-electron chi connectivity index (χ1n) is 6.35. The summed E-state index contributed by atoms with van der Waals surface area (Å²) in [6.07, 6.45) is 1.58. The number of halogens is 2. The molecule has 0 atom stereocenters. The van der Waals surface area contributed by atoms with E-state index in [1.807, 2.05) is 0 Å². The molecule has 1 aromatic rings. The number of carboxylic acid groups (broad SMARTS) is 1. The Bertz CT molecular complexity index is 576. The van der Waals surface area contributed by atoms with Gasteiger partial charge in [-0.25, -0.2) is 18.4 Å². The van der Waals surface area contributed by atoms with Crippen molar-refractivity contribution in [1.82, 2.24) is 4.90 Å². The Morgan fingerprint density at radius 3 is 2.48 bits per heavy atom. The Hall–Kier alpha value is -2.22. The lowest BCUT2D eigenvalue weighted by Gasteiger charge is -2.22. The summed E-state index contributed by atoms with van der Waals surface area (Å²) < 4.78 is 26.9. The van der Waals surface area contributed by atoms with Crippen molar-refractivity contribution in [2.75, 3.05) is 18.5 Å². The lowest BCUT2D eigenvalue weighted by atomic mass is 10.2. The Morgan fingerprint density at radius 1 is 1.29 bits per heavy atom. The van der Waals surface area contributed by atoms with Crippen LogP contribution in [0, 0.1) is 11.6 Å². The molecule has 6 nitrogen and oxygen atoms in total. The first-order valence-corrected chi connectivity index (χ1v) is 6.35. The van der Waals surface area contributed by atoms with Crippen LogP contribution in [0.4, 0.5) is 19.3 Å². The molecule has 1 fully saturated rings. The van der Waals surface area contributed by atoms with Gasteiger partial charge < -0.3 is 20.4 Å². The van der Waals surface area contributed by atoms with Gasteiger partial charge in [0, 0.05) is 18.7 Å². The van der Waals surface area contributed by atoms with Crippen LogP contribution in [0.25, 0.3) is 0 Å². The molecule has 0 radical (unpaired) electrons. The molecule has 3 N–H and O–H groups in total. The monoisotopic (exact) mass is 300 g/mol. The van der Waals surface area contributed by atoms with Gasteiger partial charge in [-0.2, -0.15) is 0 Å². The third-order valence-corrected chi connectivity index (χ3v) is 3.12. The van der Waals surface area contributed by atoms with Gasteiger partial charge in [0.1, 0.15) is 11.6 Å². The number of hydrogen-bond acceptors (Lipinski definition) is 3. The van der Waals surface area contributed by atoms with Crippen molar-refractivity contribution in [3.63, 3.8) is 0 Å². The number of aromatic carboxylic acids is 1. The van der Waals surface area contributed by atoms with Gasteiger partial charge in [0.2, 0.25) is 0 Å². The topological polar surface area (TPSA) is 89.9 Å². The van der Waals surface area contributed by atoms with Gasteiger partial charge in [-0.3, -0.25) is 0 Å². The van der Waals surface area contributed by atoms with Crippen LogP contribution < -0.4 is 5.32 Å². The molecule has 0 heterocycles. The fraction of sp³-hybridized carbons (Fsp3) is 0.385. The molecule has 1 saturated carbocycles. The van der Waals surface area contributed by atoms with Crippen molar-refractivity contribution < 1.29 is 28.6 Å². The van der Waals surface area contributed by atoms with Crippen LogP contribution in [0.1, 0.15) is 23.2 Å². The number of carboxylic acids is 1. The predicted octanol–water partition coefficient (Wildman–Crippen LogP) is 1.65. The van der Waals surface area contributed by atoms with E-state index in [9.17, 15) is 18.4 Å². The average Bonchev–Trinajstić information content (AvgIpc) is 3.22. The molecule has 114 valence electrons. The third-order valence-electron chi connectivity index (χ3n) is 3.12. The molecule has 1 aliphatic carbocycles. The molecule has 21 heavy (non-hydrogen) atoms. The van der Waals surface area contributed by atoms with E-state index in [0.717, 1.165) is 18.9 Å². The molecule has 1 aromatic carbocycles. The van der Waals surface area contributed by atoms with Crippen LogP contribution in [0.5, 0.6) is 0 Å². The van der Waals surface area contributed by atoms with Crippen LogP contribution in [-0.4, -0.2) is 46.3 Å². The van der Waals surface area contributed by atoms with Gasteiger partial charge in [-0.15, -0.1) is 0 Å². The number of benzene rings is 1. The van der Waals surface area contributed by atoms with E-state index < -0.39 is 34.9 Å². The van der Waals surface area contributed by atoms with Crippen molar-refractivity contribution in [2.24, 2.45) is 0 Å². The Labute approximate surface area is 119 Å². The minimum Gasteiger partial charge on any atom is -0.478 e. The SMILES string of the molecule is O=C(O)c1cc(NC(=O)N(CCO)C2CC2)c(F)cc1F. The highest BCUT2D eigenvalue weighted by Gasteiger charge is 2.32. The molecule has 0 bridgehead atoms. The minimum absolute atomic E-state index is 0.0143. The van der Waals surface area contributed by atoms with Gasteiger partial charge >= 0.3 is 12.0 Å². The van der Waals surface area contributed by atoms with Crippen LogP contribution in [0.2, 0.25) is 0 Å². The number of aliphatic hydroxyl groups excluding tert-OH is 1. The van der Waals surface area contributed by atoms with Gasteiger partial charge in [-0.05, 0) is 18.9 Å². The number of anilines is 1. The maximum absolute atomic E-state index is 13.6. The maximum atomic E-state index is 13.6.